The molecule has 0 saturated heterocycles. The van der Waals surface area contributed by atoms with Gasteiger partial charge in [-0.1, -0.05) is 30.3 Å². The van der Waals surface area contributed by atoms with Gasteiger partial charge in [0.15, 0.2) is 0 Å². The second-order valence-corrected chi connectivity index (χ2v) is 7.25. The van der Waals surface area contributed by atoms with E-state index in [0.717, 1.165) is 11.3 Å². The van der Waals surface area contributed by atoms with E-state index >= 15 is 0 Å². The van der Waals surface area contributed by atoms with Crippen LogP contribution in [0.5, 0.6) is 0 Å². The molecule has 1 aromatic carbocycles. The highest BCUT2D eigenvalue weighted by Gasteiger charge is 2.29. The first-order valence-corrected chi connectivity index (χ1v) is 10.2. The van der Waals surface area contributed by atoms with Gasteiger partial charge in [-0.2, -0.15) is 0 Å². The fraction of sp³-hybridized carbons (Fsp3) is 0.227. The highest BCUT2D eigenvalue weighted by molar-refractivity contribution is 7.15. The largest absolute Gasteiger partial charge is 0.462 e. The lowest BCUT2D eigenvalue weighted by molar-refractivity contribution is -0.152. The van der Waals surface area contributed by atoms with Gasteiger partial charge in [-0.3, -0.25) is 9.59 Å². The van der Waals surface area contributed by atoms with Crippen molar-refractivity contribution in [2.45, 2.75) is 26.9 Å². The minimum absolute atomic E-state index is 0.179. The normalized spacial score (nSPS) is 11.6. The molecule has 8 heteroatoms. The van der Waals surface area contributed by atoms with E-state index in [4.69, 9.17) is 13.9 Å². The Morgan fingerprint density at radius 2 is 1.87 bits per heavy atom. The Balaban J connectivity index is 1.96. The Morgan fingerprint density at radius 3 is 2.47 bits per heavy atom. The van der Waals surface area contributed by atoms with Crippen LogP contribution < -0.4 is 5.32 Å². The smallest absolute Gasteiger partial charge is 0.341 e. The fourth-order valence-electron chi connectivity index (χ4n) is 2.86. The van der Waals surface area contributed by atoms with Crippen molar-refractivity contribution >= 4 is 34.2 Å². The van der Waals surface area contributed by atoms with Gasteiger partial charge >= 0.3 is 11.9 Å². The maximum atomic E-state index is 13.0. The van der Waals surface area contributed by atoms with Crippen LogP contribution in [0.1, 0.15) is 41.6 Å². The van der Waals surface area contributed by atoms with Crippen LogP contribution in [-0.4, -0.2) is 24.5 Å². The van der Waals surface area contributed by atoms with Gasteiger partial charge in [0.1, 0.15) is 22.1 Å². The number of anilines is 1. The van der Waals surface area contributed by atoms with Gasteiger partial charge in [0.05, 0.1) is 6.61 Å². The Morgan fingerprint density at radius 1 is 1.13 bits per heavy atom. The molecule has 156 valence electrons. The lowest BCUT2D eigenvalue weighted by Crippen LogP contribution is -2.25. The summed E-state index contributed by atoms with van der Waals surface area (Å²) in [7, 11) is 0. The number of carbonyl (C=O) groups excluding carboxylic acids is 3. The third-order valence-electron chi connectivity index (χ3n) is 4.14. The minimum atomic E-state index is -1.16. The molecule has 0 radical (unpaired) electrons. The number of hydrogen-bond donors (Lipinski definition) is 1. The number of esters is 2. The SMILES string of the molecule is CCOC(=O)c1c(-c2ccc(C)o2)csc1NC(=O)[C@H](OC(C)=O)c1ccccc1. The second-order valence-electron chi connectivity index (χ2n) is 6.37. The molecule has 2 aromatic heterocycles. The zero-order chi connectivity index (χ0) is 21.7. The summed E-state index contributed by atoms with van der Waals surface area (Å²) >= 11 is 1.16. The lowest BCUT2D eigenvalue weighted by Gasteiger charge is -2.17. The molecule has 30 heavy (non-hydrogen) atoms. The number of hydrogen-bond acceptors (Lipinski definition) is 7. The number of ether oxygens (including phenoxy) is 2. The summed E-state index contributed by atoms with van der Waals surface area (Å²) in [6, 6.07) is 12.2. The van der Waals surface area contributed by atoms with Crippen LogP contribution in [0, 0.1) is 6.92 Å². The Hall–Kier alpha value is -3.39. The number of rotatable bonds is 7. The van der Waals surface area contributed by atoms with Gasteiger partial charge in [0, 0.05) is 23.4 Å². The maximum absolute atomic E-state index is 13.0. The molecule has 1 atom stereocenters. The van der Waals surface area contributed by atoms with Crippen LogP contribution in [-0.2, 0) is 19.1 Å². The van der Waals surface area contributed by atoms with E-state index in [1.807, 2.05) is 0 Å². The van der Waals surface area contributed by atoms with Crippen molar-refractivity contribution in [1.29, 1.82) is 0 Å². The molecule has 3 aromatic rings. The van der Waals surface area contributed by atoms with Gasteiger partial charge in [-0.15, -0.1) is 11.3 Å². The quantitative estimate of drug-likeness (QED) is 0.548. The van der Waals surface area contributed by atoms with Crippen molar-refractivity contribution in [3.05, 3.63) is 64.7 Å². The number of amides is 1. The topological polar surface area (TPSA) is 94.8 Å². The number of aryl methyl sites for hydroxylation is 1. The zero-order valence-corrected chi connectivity index (χ0v) is 17.6. The van der Waals surface area contributed by atoms with Crippen LogP contribution in [0.2, 0.25) is 0 Å². The monoisotopic (exact) mass is 427 g/mol. The molecule has 0 spiro atoms. The van der Waals surface area contributed by atoms with Gasteiger partial charge in [-0.25, -0.2) is 4.79 Å². The highest BCUT2D eigenvalue weighted by Crippen LogP contribution is 2.37. The van der Waals surface area contributed by atoms with Crippen molar-refractivity contribution in [2.75, 3.05) is 11.9 Å². The molecule has 0 aliphatic rings. The van der Waals surface area contributed by atoms with Crippen LogP contribution in [0.15, 0.2) is 52.3 Å². The van der Waals surface area contributed by atoms with E-state index in [2.05, 4.69) is 5.32 Å². The molecule has 1 amide bonds. The number of thiophene rings is 1. The molecular weight excluding hydrogens is 406 g/mol. The molecule has 0 saturated carbocycles. The van der Waals surface area contributed by atoms with Crippen molar-refractivity contribution in [2.24, 2.45) is 0 Å². The highest BCUT2D eigenvalue weighted by atomic mass is 32.1. The first-order chi connectivity index (χ1) is 14.4. The van der Waals surface area contributed by atoms with E-state index in [9.17, 15) is 14.4 Å². The summed E-state index contributed by atoms with van der Waals surface area (Å²) in [5.41, 5.74) is 1.23. The van der Waals surface area contributed by atoms with E-state index in [-0.39, 0.29) is 17.2 Å². The van der Waals surface area contributed by atoms with Crippen molar-refractivity contribution < 1.29 is 28.3 Å². The van der Waals surface area contributed by atoms with Gasteiger partial charge < -0.3 is 19.2 Å². The second kappa shape index (κ2) is 9.41. The van der Waals surface area contributed by atoms with Crippen LogP contribution in [0.4, 0.5) is 5.00 Å². The van der Waals surface area contributed by atoms with Crippen molar-refractivity contribution in [3.8, 4) is 11.3 Å². The molecule has 3 rings (SSSR count). The maximum Gasteiger partial charge on any atom is 0.341 e. The standard InChI is InChI=1S/C22H21NO6S/c1-4-27-22(26)18-16(17-11-10-13(2)28-17)12-30-21(18)23-20(25)19(29-14(3)24)15-8-6-5-7-9-15/h5-12,19H,4H2,1-3H3,(H,23,25)/t19-/m1/s1. The summed E-state index contributed by atoms with van der Waals surface area (Å²) in [6.07, 6.45) is -1.16. The molecule has 0 bridgehead atoms. The number of benzene rings is 1. The number of nitrogens with one attached hydrogen (secondary N) is 1. The van der Waals surface area contributed by atoms with E-state index in [0.29, 0.717) is 22.6 Å². The average molecular weight is 427 g/mol. The van der Waals surface area contributed by atoms with E-state index in [1.165, 1.54) is 6.92 Å². The molecule has 0 unspecified atom stereocenters. The van der Waals surface area contributed by atoms with Gasteiger partial charge in [0.2, 0.25) is 6.10 Å². The first-order valence-electron chi connectivity index (χ1n) is 9.29. The van der Waals surface area contributed by atoms with Crippen molar-refractivity contribution in [3.63, 3.8) is 0 Å². The summed E-state index contributed by atoms with van der Waals surface area (Å²) < 4.78 is 16.1. The molecule has 0 aliphatic carbocycles. The van der Waals surface area contributed by atoms with E-state index in [1.54, 1.807) is 61.7 Å². The molecule has 7 nitrogen and oxygen atoms in total. The van der Waals surface area contributed by atoms with Gasteiger partial charge in [0.25, 0.3) is 5.91 Å². The summed E-state index contributed by atoms with van der Waals surface area (Å²) in [5.74, 6) is -0.571. The summed E-state index contributed by atoms with van der Waals surface area (Å²) in [4.78, 5) is 37.2. The molecular formula is C22H21NO6S. The molecule has 1 N–H and O–H groups in total. The summed E-state index contributed by atoms with van der Waals surface area (Å²) in [5, 5.41) is 4.71. The number of furan rings is 1. The fourth-order valence-corrected chi connectivity index (χ4v) is 3.80. The zero-order valence-electron chi connectivity index (χ0n) is 16.8. The molecule has 2 heterocycles. The first kappa shape index (κ1) is 21.3. The molecule has 0 fully saturated rings. The van der Waals surface area contributed by atoms with Crippen LogP contribution >= 0.6 is 11.3 Å². The third-order valence-corrected chi connectivity index (χ3v) is 5.03. The van der Waals surface area contributed by atoms with Gasteiger partial charge in [-0.05, 0) is 26.0 Å². The average Bonchev–Trinajstić information content (AvgIpc) is 3.32. The number of carbonyl (C=O) groups is 3. The predicted molar refractivity (Wildman–Crippen MR) is 112 cm³/mol. The lowest BCUT2D eigenvalue weighted by atomic mass is 10.1. The minimum Gasteiger partial charge on any atom is -0.462 e. The van der Waals surface area contributed by atoms with Crippen molar-refractivity contribution in [1.82, 2.24) is 0 Å². The summed E-state index contributed by atoms with van der Waals surface area (Å²) in [6.45, 7) is 4.91. The predicted octanol–water partition coefficient (Wildman–Crippen LogP) is 4.74. The Kier molecular flexibility index (Phi) is 6.68. The van der Waals surface area contributed by atoms with E-state index < -0.39 is 23.9 Å². The van der Waals surface area contributed by atoms with Crippen LogP contribution in [0.3, 0.4) is 0 Å². The Bertz CT molecular complexity index is 1050. The third kappa shape index (κ3) is 4.77. The van der Waals surface area contributed by atoms with Crippen LogP contribution in [0.25, 0.3) is 11.3 Å². The Labute approximate surface area is 177 Å². The molecule has 0 aliphatic heterocycles.